The van der Waals surface area contributed by atoms with E-state index < -0.39 is 0 Å². The van der Waals surface area contributed by atoms with Gasteiger partial charge < -0.3 is 19.8 Å². The summed E-state index contributed by atoms with van der Waals surface area (Å²) < 4.78 is 8.15. The SMILES string of the molecule is C=CC(=O)N1CCCC(c2c(Cl)c(-c3ccc(Oc4ccc(C)c(Cl)c4)c(C)c3)c3c(N)nccn23)C1. The fraction of sp³-hybridized carbons (Fsp3) is 0.241. The molecule has 6 nitrogen and oxygen atoms in total. The summed E-state index contributed by atoms with van der Waals surface area (Å²) in [6.45, 7) is 8.87. The number of aryl methyl sites for hydroxylation is 2. The van der Waals surface area contributed by atoms with E-state index in [-0.39, 0.29) is 11.8 Å². The standard InChI is InChI=1S/C29H28Cl2N4O2/c1-4-24(36)34-12-5-6-20(16-34)27-26(31)25(28-29(32)33-11-13-35(27)28)19-8-10-23(18(3)14-19)37-21-9-7-17(2)22(30)15-21/h4,7-11,13-15,20H,1,5-6,12,16H2,2-3H3,(H2,32,33). The maximum absolute atomic E-state index is 12.3. The molecule has 5 rings (SSSR count). The fourth-order valence-corrected chi connectivity index (χ4v) is 5.69. The summed E-state index contributed by atoms with van der Waals surface area (Å²) in [5.41, 5.74) is 11.8. The van der Waals surface area contributed by atoms with Gasteiger partial charge in [0.05, 0.1) is 10.5 Å². The normalized spacial score (nSPS) is 15.7. The lowest BCUT2D eigenvalue weighted by Gasteiger charge is -2.32. The van der Waals surface area contributed by atoms with Crippen molar-refractivity contribution in [3.63, 3.8) is 0 Å². The molecule has 0 radical (unpaired) electrons. The third-order valence-corrected chi connectivity index (χ3v) is 7.77. The third kappa shape index (κ3) is 4.67. The predicted octanol–water partition coefficient (Wildman–Crippen LogP) is 7.19. The first kappa shape index (κ1) is 25.2. The van der Waals surface area contributed by atoms with Crippen LogP contribution in [0.3, 0.4) is 0 Å². The Bertz CT molecular complexity index is 1530. The van der Waals surface area contributed by atoms with E-state index in [9.17, 15) is 4.79 Å². The molecule has 190 valence electrons. The number of ether oxygens (including phenoxy) is 1. The first-order chi connectivity index (χ1) is 17.8. The number of aromatic nitrogens is 2. The molecule has 1 amide bonds. The fourth-order valence-electron chi connectivity index (χ4n) is 5.08. The van der Waals surface area contributed by atoms with Crippen LogP contribution in [-0.2, 0) is 4.79 Å². The van der Waals surface area contributed by atoms with E-state index in [2.05, 4.69) is 11.6 Å². The molecular formula is C29H28Cl2N4O2. The molecular weight excluding hydrogens is 507 g/mol. The van der Waals surface area contributed by atoms with Crippen molar-refractivity contribution in [2.75, 3.05) is 18.8 Å². The minimum Gasteiger partial charge on any atom is -0.457 e. The van der Waals surface area contributed by atoms with E-state index in [0.717, 1.165) is 52.1 Å². The highest BCUT2D eigenvalue weighted by Crippen LogP contribution is 2.44. The van der Waals surface area contributed by atoms with Crippen LogP contribution in [0.25, 0.3) is 16.6 Å². The molecule has 2 aromatic carbocycles. The highest BCUT2D eigenvalue weighted by Gasteiger charge is 2.30. The first-order valence-corrected chi connectivity index (χ1v) is 12.9. The van der Waals surface area contributed by atoms with Crippen molar-refractivity contribution < 1.29 is 9.53 Å². The molecule has 2 N–H and O–H groups in total. The lowest BCUT2D eigenvalue weighted by molar-refractivity contribution is -0.127. The maximum atomic E-state index is 12.3. The number of nitrogen functional groups attached to an aromatic ring is 1. The van der Waals surface area contributed by atoms with E-state index in [1.807, 2.05) is 65.7 Å². The minimum atomic E-state index is -0.0656. The second-order valence-corrected chi connectivity index (χ2v) is 10.2. The van der Waals surface area contributed by atoms with Crippen molar-refractivity contribution in [3.05, 3.63) is 88.3 Å². The molecule has 0 bridgehead atoms. The molecule has 2 aromatic heterocycles. The van der Waals surface area contributed by atoms with Gasteiger partial charge in [-0.1, -0.05) is 41.9 Å². The zero-order valence-electron chi connectivity index (χ0n) is 20.8. The second kappa shape index (κ2) is 10.1. The van der Waals surface area contributed by atoms with Gasteiger partial charge in [-0.15, -0.1) is 0 Å². The monoisotopic (exact) mass is 534 g/mol. The molecule has 4 aromatic rings. The lowest BCUT2D eigenvalue weighted by Crippen LogP contribution is -2.38. The summed E-state index contributed by atoms with van der Waals surface area (Å²) in [6, 6.07) is 11.6. The molecule has 0 saturated carbocycles. The van der Waals surface area contributed by atoms with E-state index in [1.165, 1.54) is 6.08 Å². The highest BCUT2D eigenvalue weighted by molar-refractivity contribution is 6.35. The van der Waals surface area contributed by atoms with Crippen LogP contribution >= 0.6 is 23.2 Å². The van der Waals surface area contributed by atoms with Crippen LogP contribution in [0.5, 0.6) is 11.5 Å². The number of hydrogen-bond acceptors (Lipinski definition) is 4. The Kier molecular flexibility index (Phi) is 6.88. The molecule has 1 fully saturated rings. The molecule has 37 heavy (non-hydrogen) atoms. The Morgan fingerprint density at radius 1 is 1.19 bits per heavy atom. The van der Waals surface area contributed by atoms with Crippen LogP contribution in [0.4, 0.5) is 5.82 Å². The number of hydrogen-bond donors (Lipinski definition) is 1. The molecule has 1 unspecified atom stereocenters. The van der Waals surface area contributed by atoms with Gasteiger partial charge in [-0.25, -0.2) is 4.98 Å². The number of anilines is 1. The molecule has 0 spiro atoms. The first-order valence-electron chi connectivity index (χ1n) is 12.2. The van der Waals surface area contributed by atoms with Crippen molar-refractivity contribution in [3.8, 4) is 22.6 Å². The van der Waals surface area contributed by atoms with Crippen molar-refractivity contribution in [1.82, 2.24) is 14.3 Å². The Balaban J connectivity index is 1.56. The van der Waals surface area contributed by atoms with Crippen LogP contribution in [0, 0.1) is 13.8 Å². The van der Waals surface area contributed by atoms with Crippen LogP contribution in [-0.4, -0.2) is 33.3 Å². The second-order valence-electron chi connectivity index (χ2n) is 9.43. The van der Waals surface area contributed by atoms with Crippen LogP contribution < -0.4 is 10.5 Å². The number of halogens is 2. The number of piperidine rings is 1. The topological polar surface area (TPSA) is 72.9 Å². The summed E-state index contributed by atoms with van der Waals surface area (Å²) in [4.78, 5) is 18.5. The lowest BCUT2D eigenvalue weighted by atomic mass is 9.93. The van der Waals surface area contributed by atoms with Gasteiger partial charge in [0.1, 0.15) is 17.3 Å². The van der Waals surface area contributed by atoms with Gasteiger partial charge in [0.2, 0.25) is 5.91 Å². The Morgan fingerprint density at radius 2 is 2.00 bits per heavy atom. The van der Waals surface area contributed by atoms with E-state index >= 15 is 0 Å². The number of benzene rings is 2. The molecule has 3 heterocycles. The van der Waals surface area contributed by atoms with Gasteiger partial charge in [-0.3, -0.25) is 4.79 Å². The van der Waals surface area contributed by atoms with Gasteiger partial charge in [-0.2, -0.15) is 0 Å². The molecule has 0 aliphatic carbocycles. The van der Waals surface area contributed by atoms with Crippen LogP contribution in [0.1, 0.15) is 35.6 Å². The Hall–Kier alpha value is -3.48. The number of carbonyl (C=O) groups excluding carboxylic acids is 1. The smallest absolute Gasteiger partial charge is 0.245 e. The van der Waals surface area contributed by atoms with Crippen molar-refractivity contribution in [1.29, 1.82) is 0 Å². The third-order valence-electron chi connectivity index (χ3n) is 6.98. The van der Waals surface area contributed by atoms with Crippen molar-refractivity contribution in [2.24, 2.45) is 0 Å². The number of nitrogens with two attached hydrogens (primary N) is 1. The largest absolute Gasteiger partial charge is 0.457 e. The summed E-state index contributed by atoms with van der Waals surface area (Å²) in [6.07, 6.45) is 6.73. The summed E-state index contributed by atoms with van der Waals surface area (Å²) >= 11 is 13.4. The quantitative estimate of drug-likeness (QED) is 0.275. The number of fused-ring (bicyclic) bond motifs is 1. The number of rotatable bonds is 5. The zero-order valence-corrected chi connectivity index (χ0v) is 22.3. The van der Waals surface area contributed by atoms with Crippen molar-refractivity contribution >= 4 is 40.4 Å². The van der Waals surface area contributed by atoms with E-state index in [4.69, 9.17) is 33.7 Å². The van der Waals surface area contributed by atoms with Crippen LogP contribution in [0.15, 0.2) is 61.4 Å². The molecule has 1 atom stereocenters. The zero-order chi connectivity index (χ0) is 26.3. The predicted molar refractivity (Wildman–Crippen MR) is 150 cm³/mol. The number of carbonyl (C=O) groups is 1. The Labute approximate surface area is 226 Å². The van der Waals surface area contributed by atoms with Crippen molar-refractivity contribution in [2.45, 2.75) is 32.6 Å². The molecule has 1 aliphatic heterocycles. The molecule has 1 aliphatic rings. The summed E-state index contributed by atoms with van der Waals surface area (Å²) in [5, 5.41) is 1.28. The molecule has 8 heteroatoms. The van der Waals surface area contributed by atoms with Crippen LogP contribution in [0.2, 0.25) is 10.0 Å². The minimum absolute atomic E-state index is 0.0585. The number of likely N-dealkylation sites (tertiary alicyclic amines) is 1. The average molecular weight is 535 g/mol. The van der Waals surface area contributed by atoms with E-state index in [0.29, 0.717) is 34.7 Å². The van der Waals surface area contributed by atoms with Gasteiger partial charge >= 0.3 is 0 Å². The number of amides is 1. The van der Waals surface area contributed by atoms with Gasteiger partial charge in [0.25, 0.3) is 0 Å². The summed E-state index contributed by atoms with van der Waals surface area (Å²) in [7, 11) is 0. The summed E-state index contributed by atoms with van der Waals surface area (Å²) in [5.74, 6) is 1.78. The highest BCUT2D eigenvalue weighted by atomic mass is 35.5. The number of nitrogens with zero attached hydrogens (tertiary/aromatic N) is 3. The van der Waals surface area contributed by atoms with E-state index in [1.54, 1.807) is 6.20 Å². The Morgan fingerprint density at radius 3 is 2.73 bits per heavy atom. The average Bonchev–Trinajstić information content (AvgIpc) is 3.20. The molecule has 1 saturated heterocycles. The van der Waals surface area contributed by atoms with Gasteiger partial charge in [-0.05, 0) is 73.7 Å². The maximum Gasteiger partial charge on any atom is 0.245 e. The van der Waals surface area contributed by atoms with Gasteiger partial charge in [0, 0.05) is 47.7 Å². The van der Waals surface area contributed by atoms with Gasteiger partial charge in [0.15, 0.2) is 0 Å².